The van der Waals surface area contributed by atoms with Crippen molar-refractivity contribution in [2.75, 3.05) is 51.3 Å². The second-order valence-corrected chi connectivity index (χ2v) is 10.3. The molecule has 3 aromatic rings. The van der Waals surface area contributed by atoms with Crippen molar-refractivity contribution in [1.82, 2.24) is 14.7 Å². The molecule has 4 rings (SSSR count). The molecule has 2 aromatic carbocycles. The number of benzene rings is 2. The number of carbonyl (C=O) groups is 2. The first-order chi connectivity index (χ1) is 18.5. The van der Waals surface area contributed by atoms with E-state index in [1.54, 1.807) is 33.3 Å². The standard InChI is InChI=1S/C29H35FN4O3S/c1-2-23-5-3-6-26(19-23)31-29(36)33(13-12-32-14-16-37-17-15-32)22-28(35)34(21-27-7-4-18-38-27)20-24-8-10-25(30)11-9-24/h3-11,18-19H,2,12-17,20-22H2,1H3,(H,31,36). The average Bonchev–Trinajstić information content (AvgIpc) is 3.45. The highest BCUT2D eigenvalue weighted by molar-refractivity contribution is 7.09. The number of amides is 3. The summed E-state index contributed by atoms with van der Waals surface area (Å²) in [6.07, 6.45) is 0.865. The Bertz CT molecular complexity index is 1170. The fraction of sp³-hybridized carbons (Fsp3) is 0.379. The molecule has 0 saturated carbocycles. The number of urea groups is 1. The zero-order valence-corrected chi connectivity index (χ0v) is 22.6. The van der Waals surface area contributed by atoms with Crippen LogP contribution in [0.25, 0.3) is 0 Å². The molecule has 0 atom stereocenters. The van der Waals surface area contributed by atoms with E-state index in [1.165, 1.54) is 12.1 Å². The van der Waals surface area contributed by atoms with Crippen molar-refractivity contribution in [2.45, 2.75) is 26.4 Å². The number of hydrogen-bond donors (Lipinski definition) is 1. The summed E-state index contributed by atoms with van der Waals surface area (Å²) in [5, 5.41) is 4.96. The van der Waals surface area contributed by atoms with Crippen LogP contribution in [0.15, 0.2) is 66.0 Å². The van der Waals surface area contributed by atoms with Gasteiger partial charge in [0.25, 0.3) is 0 Å². The third-order valence-corrected chi connectivity index (χ3v) is 7.42. The topological polar surface area (TPSA) is 65.1 Å². The first-order valence-electron chi connectivity index (χ1n) is 13.0. The third kappa shape index (κ3) is 8.37. The second-order valence-electron chi connectivity index (χ2n) is 9.32. The van der Waals surface area contributed by atoms with Gasteiger partial charge in [0, 0.05) is 43.3 Å². The van der Waals surface area contributed by atoms with E-state index in [0.717, 1.165) is 35.5 Å². The molecular weight excluding hydrogens is 503 g/mol. The first-order valence-corrected chi connectivity index (χ1v) is 13.9. The molecule has 202 valence electrons. The van der Waals surface area contributed by atoms with Crippen LogP contribution < -0.4 is 5.32 Å². The van der Waals surface area contributed by atoms with Crippen LogP contribution in [0.5, 0.6) is 0 Å². The molecule has 0 unspecified atom stereocenters. The molecule has 0 bridgehead atoms. The predicted molar refractivity (Wildman–Crippen MR) is 149 cm³/mol. The van der Waals surface area contributed by atoms with Gasteiger partial charge in [-0.3, -0.25) is 9.69 Å². The summed E-state index contributed by atoms with van der Waals surface area (Å²) in [4.78, 5) is 33.7. The van der Waals surface area contributed by atoms with Crippen LogP contribution in [0, 0.1) is 5.82 Å². The Labute approximate surface area is 227 Å². The van der Waals surface area contributed by atoms with Gasteiger partial charge >= 0.3 is 6.03 Å². The number of nitrogens with one attached hydrogen (secondary N) is 1. The summed E-state index contributed by atoms with van der Waals surface area (Å²) in [7, 11) is 0. The van der Waals surface area contributed by atoms with E-state index in [4.69, 9.17) is 4.74 Å². The van der Waals surface area contributed by atoms with Crippen LogP contribution in [-0.4, -0.2) is 72.6 Å². The Kier molecular flexibility index (Phi) is 10.3. The van der Waals surface area contributed by atoms with Crippen molar-refractivity contribution in [3.63, 3.8) is 0 Å². The molecule has 3 amide bonds. The SMILES string of the molecule is CCc1cccc(NC(=O)N(CCN2CCOCC2)CC(=O)N(Cc2ccc(F)cc2)Cc2cccs2)c1. The van der Waals surface area contributed by atoms with Gasteiger partial charge in [-0.1, -0.05) is 37.3 Å². The van der Waals surface area contributed by atoms with Crippen molar-refractivity contribution in [2.24, 2.45) is 0 Å². The number of nitrogens with zero attached hydrogens (tertiary/aromatic N) is 3. The lowest BCUT2D eigenvalue weighted by Crippen LogP contribution is -2.48. The van der Waals surface area contributed by atoms with Gasteiger partial charge in [0.05, 0.1) is 19.8 Å². The number of rotatable bonds is 11. The van der Waals surface area contributed by atoms with Crippen LogP contribution in [0.1, 0.15) is 22.9 Å². The van der Waals surface area contributed by atoms with E-state index < -0.39 is 0 Å². The average molecular weight is 539 g/mol. The molecule has 1 aliphatic heterocycles. The number of morpholine rings is 1. The fourth-order valence-corrected chi connectivity index (χ4v) is 5.03. The Hall–Kier alpha value is -3.27. The minimum atomic E-state index is -0.317. The number of carbonyl (C=O) groups excluding carboxylic acids is 2. The molecule has 0 spiro atoms. The van der Waals surface area contributed by atoms with E-state index in [9.17, 15) is 14.0 Å². The molecule has 1 fully saturated rings. The summed E-state index contributed by atoms with van der Waals surface area (Å²) >= 11 is 1.58. The molecular formula is C29H35FN4O3S. The lowest BCUT2D eigenvalue weighted by atomic mass is 10.1. The van der Waals surface area contributed by atoms with E-state index in [-0.39, 0.29) is 24.3 Å². The Morgan fingerprint density at radius 3 is 2.50 bits per heavy atom. The summed E-state index contributed by atoms with van der Waals surface area (Å²) in [5.41, 5.74) is 2.66. The van der Waals surface area contributed by atoms with Crippen LogP contribution in [0.2, 0.25) is 0 Å². The number of anilines is 1. The van der Waals surface area contributed by atoms with Gasteiger partial charge in [-0.05, 0) is 53.3 Å². The van der Waals surface area contributed by atoms with Crippen LogP contribution in [0.3, 0.4) is 0 Å². The molecule has 1 aliphatic rings. The monoisotopic (exact) mass is 538 g/mol. The highest BCUT2D eigenvalue weighted by Gasteiger charge is 2.23. The molecule has 2 heterocycles. The lowest BCUT2D eigenvalue weighted by molar-refractivity contribution is -0.133. The lowest BCUT2D eigenvalue weighted by Gasteiger charge is -2.31. The van der Waals surface area contributed by atoms with Gasteiger partial charge in [0.15, 0.2) is 0 Å². The molecule has 0 aliphatic carbocycles. The zero-order valence-electron chi connectivity index (χ0n) is 21.8. The summed E-state index contributed by atoms with van der Waals surface area (Å²) in [6, 6.07) is 17.6. The van der Waals surface area contributed by atoms with E-state index in [0.29, 0.717) is 45.1 Å². The number of halogens is 1. The second kappa shape index (κ2) is 14.0. The van der Waals surface area contributed by atoms with E-state index >= 15 is 0 Å². The highest BCUT2D eigenvalue weighted by atomic mass is 32.1. The van der Waals surface area contributed by atoms with Gasteiger partial charge in [0.2, 0.25) is 5.91 Å². The molecule has 1 aromatic heterocycles. The molecule has 0 radical (unpaired) electrons. The number of hydrogen-bond acceptors (Lipinski definition) is 5. The molecule has 9 heteroatoms. The van der Waals surface area contributed by atoms with Gasteiger partial charge in [-0.25, -0.2) is 9.18 Å². The Morgan fingerprint density at radius 1 is 1.00 bits per heavy atom. The third-order valence-electron chi connectivity index (χ3n) is 6.56. The molecule has 1 N–H and O–H groups in total. The van der Waals surface area contributed by atoms with Crippen molar-refractivity contribution >= 4 is 29.0 Å². The largest absolute Gasteiger partial charge is 0.379 e. The maximum Gasteiger partial charge on any atom is 0.322 e. The van der Waals surface area contributed by atoms with Gasteiger partial charge in [-0.15, -0.1) is 11.3 Å². The summed E-state index contributed by atoms with van der Waals surface area (Å²) < 4.78 is 18.9. The number of aryl methyl sites for hydroxylation is 1. The Balaban J connectivity index is 1.49. The number of ether oxygens (including phenoxy) is 1. The summed E-state index contributed by atoms with van der Waals surface area (Å²) in [5.74, 6) is -0.481. The van der Waals surface area contributed by atoms with Crippen molar-refractivity contribution < 1.29 is 18.7 Å². The van der Waals surface area contributed by atoms with Crippen molar-refractivity contribution in [3.8, 4) is 0 Å². The normalized spacial score (nSPS) is 13.7. The fourth-order valence-electron chi connectivity index (χ4n) is 4.31. The maximum absolute atomic E-state index is 13.7. The molecule has 38 heavy (non-hydrogen) atoms. The van der Waals surface area contributed by atoms with Gasteiger partial charge < -0.3 is 19.9 Å². The minimum absolute atomic E-state index is 0.0593. The molecule has 1 saturated heterocycles. The molecule has 7 nitrogen and oxygen atoms in total. The quantitative estimate of drug-likeness (QED) is 0.379. The van der Waals surface area contributed by atoms with E-state index in [1.807, 2.05) is 41.8 Å². The minimum Gasteiger partial charge on any atom is -0.379 e. The maximum atomic E-state index is 13.7. The zero-order chi connectivity index (χ0) is 26.7. The van der Waals surface area contributed by atoms with Crippen molar-refractivity contribution in [3.05, 3.63) is 87.9 Å². The highest BCUT2D eigenvalue weighted by Crippen LogP contribution is 2.17. The Morgan fingerprint density at radius 2 is 1.79 bits per heavy atom. The van der Waals surface area contributed by atoms with Crippen molar-refractivity contribution in [1.29, 1.82) is 0 Å². The van der Waals surface area contributed by atoms with Gasteiger partial charge in [-0.2, -0.15) is 0 Å². The first kappa shape index (κ1) is 27.8. The summed E-state index contributed by atoms with van der Waals surface area (Å²) in [6.45, 7) is 6.76. The predicted octanol–water partition coefficient (Wildman–Crippen LogP) is 4.84. The number of thiophene rings is 1. The van der Waals surface area contributed by atoms with Crippen LogP contribution in [0.4, 0.5) is 14.9 Å². The van der Waals surface area contributed by atoms with E-state index in [2.05, 4.69) is 17.1 Å². The smallest absolute Gasteiger partial charge is 0.322 e. The van der Waals surface area contributed by atoms with Crippen LogP contribution >= 0.6 is 11.3 Å². The van der Waals surface area contributed by atoms with Gasteiger partial charge in [0.1, 0.15) is 12.4 Å². The van der Waals surface area contributed by atoms with Crippen LogP contribution in [-0.2, 0) is 29.0 Å².